The number of ether oxygens (including phenoxy) is 2. The second-order valence-electron chi connectivity index (χ2n) is 9.30. The van der Waals surface area contributed by atoms with Crippen molar-refractivity contribution in [3.05, 3.63) is 84.2 Å². The predicted octanol–water partition coefficient (Wildman–Crippen LogP) is 5.80. The van der Waals surface area contributed by atoms with E-state index in [1.54, 1.807) is 25.1 Å². The summed E-state index contributed by atoms with van der Waals surface area (Å²) in [4.78, 5) is 6.07. The minimum Gasteiger partial charge on any atom is -0.497 e. The molecule has 5 rings (SSSR count). The van der Waals surface area contributed by atoms with Crippen LogP contribution < -0.4 is 14.4 Å². The lowest BCUT2D eigenvalue weighted by atomic mass is 10.1. The maximum absolute atomic E-state index is 12.4. The molecular weight excluding hydrogens is 557 g/mol. The van der Waals surface area contributed by atoms with Crippen LogP contribution >= 0.6 is 11.8 Å². The highest BCUT2D eigenvalue weighted by Crippen LogP contribution is 2.38. The lowest BCUT2D eigenvalue weighted by Crippen LogP contribution is -2.45. The molecule has 0 spiro atoms. The van der Waals surface area contributed by atoms with Gasteiger partial charge in [-0.1, -0.05) is 36.0 Å². The maximum Gasteiger partial charge on any atom is 0.573 e. The summed E-state index contributed by atoms with van der Waals surface area (Å²) < 4.78 is 47.8. The molecule has 0 bridgehead atoms. The Morgan fingerprint density at radius 2 is 1.76 bits per heavy atom. The third-order valence-electron chi connectivity index (χ3n) is 6.14. The molecule has 1 aliphatic rings. The molecule has 1 aromatic heterocycles. The molecule has 2 heterocycles. The average Bonchev–Trinajstić information content (AvgIpc) is 3.53. The number of hydrogen-bond acceptors (Lipinski definition) is 8. The van der Waals surface area contributed by atoms with Gasteiger partial charge in [-0.2, -0.15) is 5.10 Å². The van der Waals surface area contributed by atoms with Crippen molar-refractivity contribution in [2.45, 2.75) is 25.9 Å². The lowest BCUT2D eigenvalue weighted by Gasteiger charge is -2.31. The van der Waals surface area contributed by atoms with Crippen LogP contribution in [0.25, 0.3) is 17.1 Å². The molecule has 41 heavy (non-hydrogen) atoms. The molecule has 0 radical (unpaired) electrons. The van der Waals surface area contributed by atoms with Crippen molar-refractivity contribution < 1.29 is 27.8 Å². The number of aliphatic hydroxyl groups is 1. The van der Waals surface area contributed by atoms with Crippen LogP contribution in [0.15, 0.2) is 83.3 Å². The van der Waals surface area contributed by atoms with Gasteiger partial charge in [0, 0.05) is 17.0 Å². The van der Waals surface area contributed by atoms with Gasteiger partial charge < -0.3 is 14.6 Å². The first-order valence-corrected chi connectivity index (χ1v) is 13.3. The smallest absolute Gasteiger partial charge is 0.497 e. The number of aromatic nitrogens is 3. The van der Waals surface area contributed by atoms with E-state index >= 15 is 0 Å². The van der Waals surface area contributed by atoms with Crippen molar-refractivity contribution in [3.8, 4) is 28.6 Å². The van der Waals surface area contributed by atoms with Gasteiger partial charge in [0.1, 0.15) is 17.8 Å². The first-order chi connectivity index (χ1) is 19.5. The summed E-state index contributed by atoms with van der Waals surface area (Å²) in [5, 5.41) is 24.6. The van der Waals surface area contributed by atoms with Crippen LogP contribution in [0.4, 0.5) is 18.9 Å². The molecule has 1 aliphatic heterocycles. The van der Waals surface area contributed by atoms with Crippen LogP contribution in [0, 0.1) is 6.92 Å². The molecule has 1 saturated heterocycles. The highest BCUT2D eigenvalue weighted by molar-refractivity contribution is 8.14. The van der Waals surface area contributed by atoms with E-state index in [0.717, 1.165) is 28.1 Å². The number of thioether (sulfide) groups is 1. The third-order valence-corrected chi connectivity index (χ3v) is 7.35. The van der Waals surface area contributed by atoms with E-state index in [-0.39, 0.29) is 5.75 Å². The number of hydrogen-bond donors (Lipinski definition) is 1. The van der Waals surface area contributed by atoms with Gasteiger partial charge in [-0.05, 0) is 67.4 Å². The zero-order valence-corrected chi connectivity index (χ0v) is 23.0. The molecule has 3 aromatic carbocycles. The summed E-state index contributed by atoms with van der Waals surface area (Å²) in [6.07, 6.45) is -1.66. The first kappa shape index (κ1) is 28.2. The summed E-state index contributed by atoms with van der Waals surface area (Å²) >= 11 is 1.41. The van der Waals surface area contributed by atoms with Crippen LogP contribution in [0.5, 0.6) is 11.5 Å². The predicted molar refractivity (Wildman–Crippen MR) is 152 cm³/mol. The van der Waals surface area contributed by atoms with Gasteiger partial charge in [0.25, 0.3) is 0 Å². The van der Waals surface area contributed by atoms with E-state index in [4.69, 9.17) is 4.74 Å². The van der Waals surface area contributed by atoms with Crippen molar-refractivity contribution in [2.24, 2.45) is 10.2 Å². The largest absolute Gasteiger partial charge is 0.573 e. The van der Waals surface area contributed by atoms with E-state index in [1.807, 2.05) is 49.4 Å². The van der Waals surface area contributed by atoms with Crippen LogP contribution in [0.3, 0.4) is 0 Å². The van der Waals surface area contributed by atoms with E-state index < -0.39 is 12.1 Å². The Kier molecular flexibility index (Phi) is 7.74. The van der Waals surface area contributed by atoms with Gasteiger partial charge in [-0.15, -0.1) is 23.4 Å². The third kappa shape index (κ3) is 6.52. The Morgan fingerprint density at radius 1 is 1.05 bits per heavy atom. The highest BCUT2D eigenvalue weighted by atomic mass is 32.2. The Bertz CT molecular complexity index is 1590. The fourth-order valence-corrected chi connectivity index (χ4v) is 5.22. The lowest BCUT2D eigenvalue weighted by molar-refractivity contribution is -0.274. The van der Waals surface area contributed by atoms with Crippen molar-refractivity contribution in [2.75, 3.05) is 17.8 Å². The summed E-state index contributed by atoms with van der Waals surface area (Å²) in [6, 6.07) is 18.3. The molecule has 212 valence electrons. The minimum atomic E-state index is -4.75. The standard InChI is InChI=1S/C28H25F3N6O3S/c1-18-14-23(39-3)12-13-24(18)37-26(41-16-27(37,2)38)34-33-15-19-4-6-20(7-5-19)25-32-17-36(35-25)21-8-10-22(11-9-21)40-28(29,30)31/h4-15,17,38H,16H2,1-3H3/b33-15-,34-26+. The number of aryl methyl sites for hydroxylation is 1. The fourth-order valence-electron chi connectivity index (χ4n) is 4.16. The van der Waals surface area contributed by atoms with Crippen LogP contribution in [0.1, 0.15) is 18.1 Å². The monoisotopic (exact) mass is 582 g/mol. The van der Waals surface area contributed by atoms with E-state index in [0.29, 0.717) is 22.4 Å². The van der Waals surface area contributed by atoms with Crippen molar-refractivity contribution >= 4 is 28.8 Å². The highest BCUT2D eigenvalue weighted by Gasteiger charge is 2.41. The number of amidine groups is 1. The number of methoxy groups -OCH3 is 1. The van der Waals surface area contributed by atoms with Gasteiger partial charge in [-0.3, -0.25) is 4.90 Å². The van der Waals surface area contributed by atoms with Crippen LogP contribution in [0.2, 0.25) is 0 Å². The molecule has 9 nitrogen and oxygen atoms in total. The molecular formula is C28H25F3N6O3S. The number of rotatable bonds is 7. The Labute approximate surface area is 238 Å². The molecule has 1 N–H and O–H groups in total. The van der Waals surface area contributed by atoms with Crippen molar-refractivity contribution in [3.63, 3.8) is 0 Å². The van der Waals surface area contributed by atoms with E-state index in [2.05, 4.69) is 25.0 Å². The summed E-state index contributed by atoms with van der Waals surface area (Å²) in [6.45, 7) is 3.68. The van der Waals surface area contributed by atoms with Gasteiger partial charge in [0.2, 0.25) is 0 Å². The Hall–Kier alpha value is -4.36. The average molecular weight is 583 g/mol. The zero-order chi connectivity index (χ0) is 29.2. The van der Waals surface area contributed by atoms with Crippen LogP contribution in [-0.2, 0) is 0 Å². The molecule has 0 saturated carbocycles. The Morgan fingerprint density at radius 3 is 2.41 bits per heavy atom. The van der Waals surface area contributed by atoms with E-state index in [1.165, 1.54) is 47.0 Å². The second-order valence-corrected chi connectivity index (χ2v) is 10.2. The zero-order valence-electron chi connectivity index (χ0n) is 22.2. The second kappa shape index (κ2) is 11.3. The SMILES string of the molecule is COc1ccc(N2/C(=N\N=C/c3ccc(-c4ncn(-c5ccc(OC(F)(F)F)cc5)n4)cc3)SCC2(C)O)c(C)c1. The molecule has 4 aromatic rings. The molecule has 13 heteroatoms. The number of anilines is 1. The van der Waals surface area contributed by atoms with Crippen molar-refractivity contribution in [1.82, 2.24) is 14.8 Å². The summed E-state index contributed by atoms with van der Waals surface area (Å²) in [7, 11) is 1.61. The van der Waals surface area contributed by atoms with Gasteiger partial charge in [0.15, 0.2) is 16.7 Å². The number of halogens is 3. The molecule has 1 fully saturated rings. The molecule has 1 atom stereocenters. The van der Waals surface area contributed by atoms with Gasteiger partial charge >= 0.3 is 6.36 Å². The molecule has 0 aliphatic carbocycles. The minimum absolute atomic E-state index is 0.315. The fraction of sp³-hybridized carbons (Fsp3) is 0.214. The van der Waals surface area contributed by atoms with Gasteiger partial charge in [0.05, 0.1) is 19.0 Å². The van der Waals surface area contributed by atoms with E-state index in [9.17, 15) is 18.3 Å². The number of alkyl halides is 3. The normalized spacial score (nSPS) is 18.4. The first-order valence-electron chi connectivity index (χ1n) is 12.3. The Balaban J connectivity index is 1.28. The molecule has 0 amide bonds. The topological polar surface area (TPSA) is 97.4 Å². The number of nitrogens with zero attached hydrogens (tertiary/aromatic N) is 6. The van der Waals surface area contributed by atoms with Crippen LogP contribution in [-0.4, -0.2) is 56.2 Å². The summed E-state index contributed by atoms with van der Waals surface area (Å²) in [5.74, 6) is 1.30. The maximum atomic E-state index is 12.4. The summed E-state index contributed by atoms with van der Waals surface area (Å²) in [5.41, 5.74) is 2.69. The van der Waals surface area contributed by atoms with Gasteiger partial charge in [-0.25, -0.2) is 9.67 Å². The quantitative estimate of drug-likeness (QED) is 0.217. The molecule has 1 unspecified atom stereocenters. The van der Waals surface area contributed by atoms with Crippen molar-refractivity contribution in [1.29, 1.82) is 0 Å². The number of benzene rings is 3.